The molecule has 4 amide bonds. The van der Waals surface area contributed by atoms with Crippen molar-refractivity contribution in [1.82, 2.24) is 10.6 Å². The average Bonchev–Trinajstić information content (AvgIpc) is 3.58. The van der Waals surface area contributed by atoms with E-state index in [1.165, 1.54) is 11.8 Å². The number of ether oxygens (including phenoxy) is 1. The van der Waals surface area contributed by atoms with Crippen molar-refractivity contribution < 1.29 is 19.1 Å². The molecule has 2 aromatic carbocycles. The lowest BCUT2D eigenvalue weighted by molar-refractivity contribution is -0.118. The van der Waals surface area contributed by atoms with E-state index in [0.717, 1.165) is 17.7 Å². The summed E-state index contributed by atoms with van der Waals surface area (Å²) >= 11 is 1.30. The number of anilines is 2. The van der Waals surface area contributed by atoms with Crippen LogP contribution in [0, 0.1) is 0 Å². The first-order valence-electron chi connectivity index (χ1n) is 10.0. The Balaban J connectivity index is 1.53. The first kappa shape index (κ1) is 22.6. The Bertz CT molecular complexity index is 916. The zero-order valence-corrected chi connectivity index (χ0v) is 18.1. The van der Waals surface area contributed by atoms with Gasteiger partial charge in [-0.2, -0.15) is 0 Å². The van der Waals surface area contributed by atoms with Crippen molar-refractivity contribution in [3.05, 3.63) is 54.1 Å². The molecule has 31 heavy (non-hydrogen) atoms. The van der Waals surface area contributed by atoms with Crippen LogP contribution in [0.2, 0.25) is 0 Å². The summed E-state index contributed by atoms with van der Waals surface area (Å²) in [6, 6.07) is 14.1. The number of rotatable bonds is 10. The van der Waals surface area contributed by atoms with Crippen LogP contribution in [-0.2, 0) is 9.53 Å². The molecule has 3 rings (SSSR count). The maximum atomic E-state index is 12.8. The van der Waals surface area contributed by atoms with Gasteiger partial charge in [-0.1, -0.05) is 12.1 Å². The first-order valence-corrected chi connectivity index (χ1v) is 11.0. The molecule has 0 unspecified atom stereocenters. The largest absolute Gasteiger partial charge is 0.383 e. The summed E-state index contributed by atoms with van der Waals surface area (Å²) in [5.41, 5.74) is 1.74. The third kappa shape index (κ3) is 7.62. The Morgan fingerprint density at radius 1 is 1.00 bits per heavy atom. The molecule has 1 saturated carbocycles. The molecular formula is C22H26N4O4S. The number of nitrogens with one attached hydrogen (secondary N) is 4. The van der Waals surface area contributed by atoms with Gasteiger partial charge in [0.25, 0.3) is 5.91 Å². The van der Waals surface area contributed by atoms with Gasteiger partial charge in [0.05, 0.1) is 17.9 Å². The predicted molar refractivity (Wildman–Crippen MR) is 122 cm³/mol. The summed E-state index contributed by atoms with van der Waals surface area (Å²) < 4.78 is 4.91. The van der Waals surface area contributed by atoms with Crippen LogP contribution in [0.4, 0.5) is 16.2 Å². The fraction of sp³-hybridized carbons (Fsp3) is 0.318. The number of hydrogen-bond acceptors (Lipinski definition) is 5. The number of hydrogen-bond donors (Lipinski definition) is 4. The van der Waals surface area contributed by atoms with Crippen LogP contribution in [0.3, 0.4) is 0 Å². The van der Waals surface area contributed by atoms with Gasteiger partial charge in [0, 0.05) is 36.0 Å². The van der Waals surface area contributed by atoms with Crippen LogP contribution in [0.25, 0.3) is 0 Å². The Morgan fingerprint density at radius 3 is 2.35 bits per heavy atom. The van der Waals surface area contributed by atoms with Gasteiger partial charge >= 0.3 is 6.03 Å². The Hall–Kier alpha value is -3.04. The Labute approximate surface area is 185 Å². The summed E-state index contributed by atoms with van der Waals surface area (Å²) in [6.45, 7) is 0.903. The molecule has 2 aromatic rings. The number of carbonyl (C=O) groups is 3. The van der Waals surface area contributed by atoms with Crippen molar-refractivity contribution >= 4 is 41.0 Å². The number of benzene rings is 2. The molecule has 1 aliphatic rings. The minimum atomic E-state index is -0.268. The van der Waals surface area contributed by atoms with Crippen molar-refractivity contribution in [2.45, 2.75) is 23.8 Å². The van der Waals surface area contributed by atoms with Crippen LogP contribution < -0.4 is 21.3 Å². The van der Waals surface area contributed by atoms with E-state index < -0.39 is 0 Å². The topological polar surface area (TPSA) is 109 Å². The van der Waals surface area contributed by atoms with Gasteiger partial charge in [-0.15, -0.1) is 11.8 Å². The maximum absolute atomic E-state index is 12.8. The summed E-state index contributed by atoms with van der Waals surface area (Å²) in [7, 11) is 1.58. The Kier molecular flexibility index (Phi) is 8.31. The van der Waals surface area contributed by atoms with Crippen molar-refractivity contribution in [2.75, 3.05) is 36.6 Å². The van der Waals surface area contributed by atoms with Crippen LogP contribution >= 0.6 is 11.8 Å². The molecule has 0 heterocycles. The van der Waals surface area contributed by atoms with E-state index in [1.54, 1.807) is 43.5 Å². The van der Waals surface area contributed by atoms with Crippen LogP contribution in [0.15, 0.2) is 53.4 Å². The van der Waals surface area contributed by atoms with E-state index in [2.05, 4.69) is 21.3 Å². The van der Waals surface area contributed by atoms with E-state index in [4.69, 9.17) is 4.74 Å². The number of carbonyl (C=O) groups excluding carboxylic acids is 3. The van der Waals surface area contributed by atoms with Gasteiger partial charge in [0.1, 0.15) is 0 Å². The monoisotopic (exact) mass is 442 g/mol. The normalized spacial score (nSPS) is 12.7. The Morgan fingerprint density at radius 2 is 1.68 bits per heavy atom. The number of methoxy groups -OCH3 is 1. The molecule has 0 bridgehead atoms. The van der Waals surface area contributed by atoms with Crippen LogP contribution in [0.5, 0.6) is 0 Å². The molecular weight excluding hydrogens is 416 g/mol. The lowest BCUT2D eigenvalue weighted by Crippen LogP contribution is -2.30. The molecule has 0 aromatic heterocycles. The summed E-state index contributed by atoms with van der Waals surface area (Å²) in [4.78, 5) is 37.2. The molecule has 0 aliphatic heterocycles. The number of urea groups is 1. The second-order valence-corrected chi connectivity index (χ2v) is 8.05. The lowest BCUT2D eigenvalue weighted by Gasteiger charge is -2.11. The maximum Gasteiger partial charge on any atom is 0.319 e. The van der Waals surface area contributed by atoms with Gasteiger partial charge in [0.2, 0.25) is 5.91 Å². The molecule has 0 atom stereocenters. The van der Waals surface area contributed by atoms with Gasteiger partial charge < -0.3 is 26.0 Å². The fourth-order valence-corrected chi connectivity index (χ4v) is 3.56. The van der Waals surface area contributed by atoms with Gasteiger partial charge in [-0.05, 0) is 49.2 Å². The number of amides is 4. The van der Waals surface area contributed by atoms with Gasteiger partial charge in [0.15, 0.2) is 0 Å². The van der Waals surface area contributed by atoms with E-state index in [9.17, 15) is 14.4 Å². The second kappa shape index (κ2) is 11.4. The summed E-state index contributed by atoms with van der Waals surface area (Å²) in [6.07, 6.45) is 2.05. The average molecular weight is 443 g/mol. The molecule has 8 nitrogen and oxygen atoms in total. The molecule has 0 saturated heterocycles. The quantitative estimate of drug-likeness (QED) is 0.334. The van der Waals surface area contributed by atoms with Crippen molar-refractivity contribution in [2.24, 2.45) is 0 Å². The molecule has 1 aliphatic carbocycles. The van der Waals surface area contributed by atoms with E-state index in [-0.39, 0.29) is 29.6 Å². The van der Waals surface area contributed by atoms with Crippen molar-refractivity contribution in [3.8, 4) is 0 Å². The predicted octanol–water partition coefficient (Wildman–Crippen LogP) is 3.08. The van der Waals surface area contributed by atoms with E-state index >= 15 is 0 Å². The summed E-state index contributed by atoms with van der Waals surface area (Å²) in [5, 5.41) is 11.2. The van der Waals surface area contributed by atoms with E-state index in [1.807, 2.05) is 12.1 Å². The highest BCUT2D eigenvalue weighted by Crippen LogP contribution is 2.24. The molecule has 0 radical (unpaired) electrons. The zero-order valence-electron chi connectivity index (χ0n) is 17.3. The number of thioether (sulfide) groups is 1. The zero-order chi connectivity index (χ0) is 22.1. The molecule has 9 heteroatoms. The highest BCUT2D eigenvalue weighted by atomic mass is 32.2. The van der Waals surface area contributed by atoms with E-state index in [0.29, 0.717) is 30.1 Å². The third-order valence-electron chi connectivity index (χ3n) is 4.43. The minimum absolute atomic E-state index is 0.119. The van der Waals surface area contributed by atoms with Crippen LogP contribution in [0.1, 0.15) is 23.2 Å². The van der Waals surface area contributed by atoms with Crippen LogP contribution in [-0.4, -0.2) is 49.9 Å². The van der Waals surface area contributed by atoms with Gasteiger partial charge in [-0.25, -0.2) is 4.79 Å². The highest BCUT2D eigenvalue weighted by Gasteiger charge is 2.23. The van der Waals surface area contributed by atoms with Crippen molar-refractivity contribution in [1.29, 1.82) is 0 Å². The first-order chi connectivity index (χ1) is 15.0. The highest BCUT2D eigenvalue weighted by molar-refractivity contribution is 8.00. The summed E-state index contributed by atoms with van der Waals surface area (Å²) in [5.74, 6) is -0.182. The molecule has 1 fully saturated rings. The SMILES string of the molecule is COCCNC(=O)CSc1ccccc1C(=O)Nc1ccc(NC(=O)NC2CC2)cc1. The standard InChI is InChI=1S/C22H26N4O4S/c1-30-13-12-23-20(27)14-31-19-5-3-2-4-18(19)21(28)24-15-6-8-16(9-7-15)25-22(29)26-17-10-11-17/h2-9,17H,10-14H2,1H3,(H,23,27)(H,24,28)(H2,25,26,29). The fourth-order valence-electron chi connectivity index (χ4n) is 2.68. The smallest absolute Gasteiger partial charge is 0.319 e. The third-order valence-corrected chi connectivity index (χ3v) is 5.51. The molecule has 0 spiro atoms. The molecule has 4 N–H and O–H groups in total. The minimum Gasteiger partial charge on any atom is -0.383 e. The van der Waals surface area contributed by atoms with Gasteiger partial charge in [-0.3, -0.25) is 9.59 Å². The second-order valence-electron chi connectivity index (χ2n) is 7.03. The molecule has 164 valence electrons. The van der Waals surface area contributed by atoms with Crippen molar-refractivity contribution in [3.63, 3.8) is 0 Å². The lowest BCUT2D eigenvalue weighted by atomic mass is 10.2.